The highest BCUT2D eigenvalue weighted by atomic mass is 16.1. The first-order chi connectivity index (χ1) is 10.1. The molecular formula is C17H21N3O. The predicted octanol–water partition coefficient (Wildman–Crippen LogP) is 2.35. The lowest BCUT2D eigenvalue weighted by Crippen LogP contribution is -2.55. The van der Waals surface area contributed by atoms with Crippen molar-refractivity contribution in [2.75, 3.05) is 6.54 Å². The molecule has 1 aromatic heterocycles. The van der Waals surface area contributed by atoms with E-state index in [1.54, 1.807) is 6.20 Å². The summed E-state index contributed by atoms with van der Waals surface area (Å²) in [6.07, 6.45) is 2.86. The molecule has 110 valence electrons. The molecule has 2 aromatic rings. The quantitative estimate of drug-likeness (QED) is 0.889. The highest BCUT2D eigenvalue weighted by molar-refractivity contribution is 5.98. The number of rotatable bonds is 2. The molecule has 1 aliphatic rings. The Morgan fingerprint density at radius 1 is 1.33 bits per heavy atom. The first kappa shape index (κ1) is 14.0. The van der Waals surface area contributed by atoms with Crippen molar-refractivity contribution in [1.29, 1.82) is 0 Å². The molecule has 0 saturated carbocycles. The topological polar surface area (TPSA) is 54.0 Å². The second kappa shape index (κ2) is 5.82. The van der Waals surface area contributed by atoms with E-state index < -0.39 is 0 Å². The normalized spacial score (nSPS) is 25.7. The van der Waals surface area contributed by atoms with Gasteiger partial charge in [0.1, 0.15) is 0 Å². The number of benzene rings is 1. The molecular weight excluding hydrogens is 262 g/mol. The number of hydrogen-bond donors (Lipinski definition) is 2. The maximum absolute atomic E-state index is 12.5. The molecule has 3 rings (SSSR count). The van der Waals surface area contributed by atoms with Crippen LogP contribution in [0.3, 0.4) is 0 Å². The molecule has 4 heteroatoms. The second-order valence-electron chi connectivity index (χ2n) is 5.92. The number of fused-ring (bicyclic) bond motifs is 1. The fourth-order valence-corrected chi connectivity index (χ4v) is 3.06. The number of aromatic nitrogens is 1. The standard InChI is InChI=1S/C17H21N3O/c1-11-7-9-18-12(2)16(11)20-17(21)14-5-6-15-13(10-14)4-3-8-19-15/h3-6,8,10-12,16,18H,7,9H2,1-2H3,(H,20,21). The Labute approximate surface area is 125 Å². The third-order valence-corrected chi connectivity index (χ3v) is 4.38. The van der Waals surface area contributed by atoms with Crippen molar-refractivity contribution >= 4 is 16.8 Å². The van der Waals surface area contributed by atoms with Crippen LogP contribution >= 0.6 is 0 Å². The van der Waals surface area contributed by atoms with E-state index in [1.165, 1.54) is 0 Å². The second-order valence-corrected chi connectivity index (χ2v) is 5.92. The number of pyridine rings is 1. The highest BCUT2D eigenvalue weighted by Gasteiger charge is 2.28. The van der Waals surface area contributed by atoms with E-state index in [2.05, 4.69) is 29.5 Å². The SMILES string of the molecule is CC1CCNC(C)C1NC(=O)c1ccc2ncccc2c1. The molecule has 2 heterocycles. The number of carbonyl (C=O) groups excluding carboxylic acids is 1. The Hall–Kier alpha value is -1.94. The number of hydrogen-bond acceptors (Lipinski definition) is 3. The summed E-state index contributed by atoms with van der Waals surface area (Å²) < 4.78 is 0. The molecule has 2 N–H and O–H groups in total. The summed E-state index contributed by atoms with van der Waals surface area (Å²) in [6.45, 7) is 5.36. The van der Waals surface area contributed by atoms with Gasteiger partial charge in [-0.2, -0.15) is 0 Å². The largest absolute Gasteiger partial charge is 0.347 e. The van der Waals surface area contributed by atoms with E-state index in [4.69, 9.17) is 0 Å². The van der Waals surface area contributed by atoms with E-state index in [1.807, 2.05) is 30.3 Å². The number of carbonyl (C=O) groups is 1. The van der Waals surface area contributed by atoms with Gasteiger partial charge in [0.15, 0.2) is 0 Å². The third-order valence-electron chi connectivity index (χ3n) is 4.38. The average molecular weight is 283 g/mol. The van der Waals surface area contributed by atoms with Gasteiger partial charge in [-0.25, -0.2) is 0 Å². The highest BCUT2D eigenvalue weighted by Crippen LogP contribution is 2.18. The Kier molecular flexibility index (Phi) is 3.88. The molecule has 1 fully saturated rings. The lowest BCUT2D eigenvalue weighted by molar-refractivity contribution is 0.0898. The van der Waals surface area contributed by atoms with Gasteiger partial charge in [0.25, 0.3) is 5.91 Å². The summed E-state index contributed by atoms with van der Waals surface area (Å²) in [5.74, 6) is 0.487. The van der Waals surface area contributed by atoms with Crippen LogP contribution in [0.2, 0.25) is 0 Å². The molecule has 21 heavy (non-hydrogen) atoms. The number of nitrogens with one attached hydrogen (secondary N) is 2. The molecule has 1 aromatic carbocycles. The minimum atomic E-state index is -0.00634. The van der Waals surface area contributed by atoms with Crippen molar-refractivity contribution in [3.05, 3.63) is 42.1 Å². The molecule has 4 nitrogen and oxygen atoms in total. The van der Waals surface area contributed by atoms with Gasteiger partial charge in [-0.1, -0.05) is 13.0 Å². The van der Waals surface area contributed by atoms with Crippen molar-refractivity contribution in [2.24, 2.45) is 5.92 Å². The summed E-state index contributed by atoms with van der Waals surface area (Å²) in [5, 5.41) is 7.60. The van der Waals surface area contributed by atoms with Gasteiger partial charge in [0, 0.05) is 29.2 Å². The Morgan fingerprint density at radius 2 is 2.19 bits per heavy atom. The maximum atomic E-state index is 12.5. The number of piperidine rings is 1. The smallest absolute Gasteiger partial charge is 0.251 e. The minimum absolute atomic E-state index is 0.00634. The average Bonchev–Trinajstić information content (AvgIpc) is 2.50. The van der Waals surface area contributed by atoms with E-state index in [0.29, 0.717) is 17.5 Å². The van der Waals surface area contributed by atoms with E-state index in [-0.39, 0.29) is 11.9 Å². The number of amides is 1. The predicted molar refractivity (Wildman–Crippen MR) is 84.2 cm³/mol. The summed E-state index contributed by atoms with van der Waals surface area (Å²) in [6, 6.07) is 10.00. The van der Waals surface area contributed by atoms with Crippen LogP contribution < -0.4 is 10.6 Å². The first-order valence-electron chi connectivity index (χ1n) is 7.54. The van der Waals surface area contributed by atoms with Crippen molar-refractivity contribution < 1.29 is 4.79 Å². The van der Waals surface area contributed by atoms with E-state index >= 15 is 0 Å². The maximum Gasteiger partial charge on any atom is 0.251 e. The van der Waals surface area contributed by atoms with Gasteiger partial charge in [0.05, 0.1) is 5.52 Å². The Morgan fingerprint density at radius 3 is 3.00 bits per heavy atom. The Balaban J connectivity index is 1.80. The summed E-state index contributed by atoms with van der Waals surface area (Å²) >= 11 is 0. The van der Waals surface area contributed by atoms with Crippen molar-refractivity contribution in [2.45, 2.75) is 32.4 Å². The van der Waals surface area contributed by atoms with E-state index in [9.17, 15) is 4.79 Å². The molecule has 3 unspecified atom stereocenters. The molecule has 3 atom stereocenters. The number of nitrogens with zero attached hydrogens (tertiary/aromatic N) is 1. The van der Waals surface area contributed by atoms with Crippen molar-refractivity contribution in [3.63, 3.8) is 0 Å². The van der Waals surface area contributed by atoms with Gasteiger partial charge >= 0.3 is 0 Å². The molecule has 0 bridgehead atoms. The lowest BCUT2D eigenvalue weighted by Gasteiger charge is -2.36. The fraction of sp³-hybridized carbons (Fsp3) is 0.412. The minimum Gasteiger partial charge on any atom is -0.347 e. The van der Waals surface area contributed by atoms with E-state index in [0.717, 1.165) is 23.9 Å². The Bertz CT molecular complexity index is 645. The van der Waals surface area contributed by atoms with Crippen LogP contribution in [-0.2, 0) is 0 Å². The summed E-state index contributed by atoms with van der Waals surface area (Å²) in [7, 11) is 0. The molecule has 0 spiro atoms. The summed E-state index contributed by atoms with van der Waals surface area (Å²) in [4.78, 5) is 16.8. The van der Waals surface area contributed by atoms with Crippen molar-refractivity contribution in [1.82, 2.24) is 15.6 Å². The molecule has 0 aliphatic carbocycles. The zero-order valence-electron chi connectivity index (χ0n) is 12.5. The summed E-state index contributed by atoms with van der Waals surface area (Å²) in [5.41, 5.74) is 1.61. The van der Waals surface area contributed by atoms with Crippen LogP contribution in [0.25, 0.3) is 10.9 Å². The van der Waals surface area contributed by atoms with Crippen LogP contribution in [0.15, 0.2) is 36.5 Å². The van der Waals surface area contributed by atoms with Gasteiger partial charge < -0.3 is 10.6 Å². The van der Waals surface area contributed by atoms with Crippen LogP contribution in [-0.4, -0.2) is 29.5 Å². The van der Waals surface area contributed by atoms with Gasteiger partial charge in [-0.05, 0) is 50.1 Å². The first-order valence-corrected chi connectivity index (χ1v) is 7.54. The van der Waals surface area contributed by atoms with Crippen LogP contribution in [0.1, 0.15) is 30.6 Å². The zero-order chi connectivity index (χ0) is 14.8. The molecule has 1 amide bonds. The van der Waals surface area contributed by atoms with Crippen molar-refractivity contribution in [3.8, 4) is 0 Å². The fourth-order valence-electron chi connectivity index (χ4n) is 3.06. The lowest BCUT2D eigenvalue weighted by atomic mass is 9.89. The van der Waals surface area contributed by atoms with Crippen LogP contribution in [0, 0.1) is 5.92 Å². The molecule has 0 radical (unpaired) electrons. The monoisotopic (exact) mass is 283 g/mol. The third kappa shape index (κ3) is 2.90. The van der Waals surface area contributed by atoms with Crippen LogP contribution in [0.4, 0.5) is 0 Å². The van der Waals surface area contributed by atoms with Crippen LogP contribution in [0.5, 0.6) is 0 Å². The zero-order valence-corrected chi connectivity index (χ0v) is 12.5. The molecule has 1 saturated heterocycles. The van der Waals surface area contributed by atoms with Gasteiger partial charge in [-0.3, -0.25) is 9.78 Å². The molecule has 1 aliphatic heterocycles. The van der Waals surface area contributed by atoms with Gasteiger partial charge in [0.2, 0.25) is 0 Å². The van der Waals surface area contributed by atoms with Gasteiger partial charge in [-0.15, -0.1) is 0 Å².